The largest absolute Gasteiger partial charge is 0.336 e. The van der Waals surface area contributed by atoms with Gasteiger partial charge in [-0.15, -0.1) is 0 Å². The Hall–Kier alpha value is -1.85. The van der Waals surface area contributed by atoms with Gasteiger partial charge in [0.2, 0.25) is 0 Å². The lowest BCUT2D eigenvalue weighted by molar-refractivity contribution is 0.431. The highest BCUT2D eigenvalue weighted by Crippen LogP contribution is 2.31. The lowest BCUT2D eigenvalue weighted by Crippen LogP contribution is -2.39. The van der Waals surface area contributed by atoms with Gasteiger partial charge in [-0.3, -0.25) is 13.9 Å². The number of nitrogens with one attached hydrogen (secondary N) is 1. The van der Waals surface area contributed by atoms with Crippen molar-refractivity contribution in [3.05, 3.63) is 26.7 Å². The minimum Gasteiger partial charge on any atom is -0.336 e. The fourth-order valence-corrected chi connectivity index (χ4v) is 3.26. The maximum atomic E-state index is 12.5. The molecular weight excluding hydrogens is 268 g/mol. The molecule has 1 saturated carbocycles. The van der Waals surface area contributed by atoms with Gasteiger partial charge < -0.3 is 4.98 Å². The first-order chi connectivity index (χ1) is 10.1. The Morgan fingerprint density at radius 2 is 1.95 bits per heavy atom. The minimum atomic E-state index is -0.281. The second-order valence-corrected chi connectivity index (χ2v) is 5.95. The zero-order valence-corrected chi connectivity index (χ0v) is 12.7. The van der Waals surface area contributed by atoms with Crippen LogP contribution < -0.4 is 11.2 Å². The summed E-state index contributed by atoms with van der Waals surface area (Å²) in [6.07, 6.45) is 6.66. The fourth-order valence-electron chi connectivity index (χ4n) is 3.26. The first-order valence-electron chi connectivity index (χ1n) is 7.83. The van der Waals surface area contributed by atoms with Crippen molar-refractivity contribution in [1.82, 2.24) is 19.1 Å². The summed E-state index contributed by atoms with van der Waals surface area (Å²) < 4.78 is 2.78. The molecule has 1 N–H and O–H groups in total. The van der Waals surface area contributed by atoms with Gasteiger partial charge in [0, 0.05) is 19.5 Å². The van der Waals surface area contributed by atoms with Gasteiger partial charge in [0.1, 0.15) is 11.3 Å². The summed E-state index contributed by atoms with van der Waals surface area (Å²) >= 11 is 0. The van der Waals surface area contributed by atoms with Crippen LogP contribution in [-0.2, 0) is 13.6 Å². The van der Waals surface area contributed by atoms with Crippen molar-refractivity contribution in [3.8, 4) is 0 Å². The van der Waals surface area contributed by atoms with Crippen molar-refractivity contribution in [1.29, 1.82) is 0 Å². The quantitative estimate of drug-likeness (QED) is 0.938. The van der Waals surface area contributed by atoms with Crippen LogP contribution >= 0.6 is 0 Å². The van der Waals surface area contributed by atoms with Gasteiger partial charge in [-0.05, 0) is 19.3 Å². The number of H-pyrrole nitrogens is 1. The van der Waals surface area contributed by atoms with E-state index < -0.39 is 0 Å². The summed E-state index contributed by atoms with van der Waals surface area (Å²) in [6.45, 7) is 2.40. The molecule has 2 aromatic rings. The van der Waals surface area contributed by atoms with Gasteiger partial charge in [0.05, 0.1) is 0 Å². The fraction of sp³-hybridized carbons (Fsp3) is 0.667. The zero-order valence-electron chi connectivity index (χ0n) is 12.7. The number of fused-ring (bicyclic) bond motifs is 1. The van der Waals surface area contributed by atoms with E-state index in [4.69, 9.17) is 0 Å². The van der Waals surface area contributed by atoms with Crippen LogP contribution in [0.3, 0.4) is 0 Å². The number of nitrogens with zero attached hydrogens (tertiary/aromatic N) is 3. The Morgan fingerprint density at radius 3 is 2.62 bits per heavy atom. The number of hydrogen-bond acceptors (Lipinski definition) is 3. The molecule has 1 fully saturated rings. The van der Waals surface area contributed by atoms with Crippen LogP contribution in [0.25, 0.3) is 11.2 Å². The maximum absolute atomic E-state index is 12.5. The molecule has 0 aliphatic heterocycles. The molecule has 114 valence electrons. The molecule has 2 aromatic heterocycles. The Bertz CT molecular complexity index is 762. The highest BCUT2D eigenvalue weighted by atomic mass is 16.2. The second kappa shape index (κ2) is 5.50. The van der Waals surface area contributed by atoms with Crippen molar-refractivity contribution < 1.29 is 0 Å². The van der Waals surface area contributed by atoms with E-state index in [2.05, 4.69) is 9.97 Å². The van der Waals surface area contributed by atoms with Crippen LogP contribution in [-0.4, -0.2) is 19.1 Å². The molecule has 0 unspecified atom stereocenters. The van der Waals surface area contributed by atoms with Gasteiger partial charge in [-0.1, -0.05) is 26.2 Å². The number of aromatic nitrogens is 4. The van der Waals surface area contributed by atoms with E-state index in [1.165, 1.54) is 28.4 Å². The lowest BCUT2D eigenvalue weighted by atomic mass is 9.89. The number of aryl methyl sites for hydroxylation is 1. The molecule has 0 amide bonds. The standard InChI is InChI=1S/C15H22N4O2/c1-3-9-19-14(20)11-13(18(2)15(19)21)17-12(16-11)10-7-5-4-6-8-10/h10H,3-9H2,1-2H3,(H,16,17). The van der Waals surface area contributed by atoms with E-state index in [0.717, 1.165) is 25.1 Å². The molecule has 0 bridgehead atoms. The van der Waals surface area contributed by atoms with Crippen molar-refractivity contribution in [2.24, 2.45) is 7.05 Å². The molecule has 0 radical (unpaired) electrons. The maximum Gasteiger partial charge on any atom is 0.332 e. The summed E-state index contributed by atoms with van der Waals surface area (Å²) in [5, 5.41) is 0. The van der Waals surface area contributed by atoms with Gasteiger partial charge in [0.15, 0.2) is 5.65 Å². The highest BCUT2D eigenvalue weighted by Gasteiger charge is 2.21. The van der Waals surface area contributed by atoms with E-state index in [0.29, 0.717) is 23.6 Å². The molecule has 0 saturated heterocycles. The zero-order chi connectivity index (χ0) is 15.0. The van der Waals surface area contributed by atoms with Crippen molar-refractivity contribution in [3.63, 3.8) is 0 Å². The molecule has 6 nitrogen and oxygen atoms in total. The molecule has 21 heavy (non-hydrogen) atoms. The smallest absolute Gasteiger partial charge is 0.332 e. The lowest BCUT2D eigenvalue weighted by Gasteiger charge is -2.18. The number of hydrogen-bond donors (Lipinski definition) is 1. The SMILES string of the molecule is CCCn1c(=O)c2[nH]c(C3CCCCC3)nc2n(C)c1=O. The molecule has 0 spiro atoms. The monoisotopic (exact) mass is 290 g/mol. The summed E-state index contributed by atoms with van der Waals surface area (Å²) in [5.41, 5.74) is 0.421. The molecular formula is C15H22N4O2. The second-order valence-electron chi connectivity index (χ2n) is 5.95. The predicted octanol–water partition coefficient (Wildman–Crippen LogP) is 1.88. The van der Waals surface area contributed by atoms with E-state index in [-0.39, 0.29) is 11.2 Å². The van der Waals surface area contributed by atoms with Crippen LogP contribution in [0, 0.1) is 0 Å². The van der Waals surface area contributed by atoms with Gasteiger partial charge in [0.25, 0.3) is 5.56 Å². The number of rotatable bonds is 3. The van der Waals surface area contributed by atoms with Crippen LogP contribution in [0.4, 0.5) is 0 Å². The Morgan fingerprint density at radius 1 is 1.24 bits per heavy atom. The molecule has 3 rings (SSSR count). The third-order valence-corrected chi connectivity index (χ3v) is 4.44. The number of imidazole rings is 1. The first-order valence-corrected chi connectivity index (χ1v) is 7.83. The van der Waals surface area contributed by atoms with Crippen molar-refractivity contribution >= 4 is 11.2 Å². The molecule has 1 aliphatic rings. The third-order valence-electron chi connectivity index (χ3n) is 4.44. The molecule has 0 aromatic carbocycles. The third kappa shape index (κ3) is 2.32. The minimum absolute atomic E-state index is 0.246. The van der Waals surface area contributed by atoms with E-state index >= 15 is 0 Å². The molecule has 2 heterocycles. The van der Waals surface area contributed by atoms with Crippen molar-refractivity contribution in [2.75, 3.05) is 0 Å². The van der Waals surface area contributed by atoms with Gasteiger partial charge in [-0.25, -0.2) is 9.78 Å². The molecule has 1 aliphatic carbocycles. The van der Waals surface area contributed by atoms with Crippen LogP contribution in [0.2, 0.25) is 0 Å². The first kappa shape index (κ1) is 14.1. The molecule has 6 heteroatoms. The Labute approximate surface area is 122 Å². The Balaban J connectivity index is 2.16. The van der Waals surface area contributed by atoms with E-state index in [9.17, 15) is 9.59 Å². The summed E-state index contributed by atoms with van der Waals surface area (Å²) in [5.74, 6) is 1.26. The van der Waals surface area contributed by atoms with Crippen molar-refractivity contribution in [2.45, 2.75) is 57.9 Å². The predicted molar refractivity (Wildman–Crippen MR) is 81.7 cm³/mol. The normalized spacial score (nSPS) is 16.7. The highest BCUT2D eigenvalue weighted by molar-refractivity contribution is 5.69. The average Bonchev–Trinajstić information content (AvgIpc) is 2.96. The van der Waals surface area contributed by atoms with Gasteiger partial charge in [-0.2, -0.15) is 0 Å². The van der Waals surface area contributed by atoms with E-state index in [1.54, 1.807) is 7.05 Å². The number of aromatic amines is 1. The van der Waals surface area contributed by atoms with Crippen LogP contribution in [0.1, 0.15) is 57.2 Å². The topological polar surface area (TPSA) is 72.7 Å². The average molecular weight is 290 g/mol. The summed E-state index contributed by atoms with van der Waals surface area (Å²) in [6, 6.07) is 0. The molecule has 0 atom stereocenters. The summed E-state index contributed by atoms with van der Waals surface area (Å²) in [7, 11) is 1.68. The van der Waals surface area contributed by atoms with E-state index in [1.807, 2.05) is 6.92 Å². The Kier molecular flexibility index (Phi) is 3.69. The van der Waals surface area contributed by atoms with Crippen LogP contribution in [0.15, 0.2) is 9.59 Å². The van der Waals surface area contributed by atoms with Gasteiger partial charge >= 0.3 is 5.69 Å². The summed E-state index contributed by atoms with van der Waals surface area (Å²) in [4.78, 5) is 32.5. The van der Waals surface area contributed by atoms with Crippen LogP contribution in [0.5, 0.6) is 0 Å².